The molecule has 3 rings (SSSR count). The number of benzene rings is 3. The smallest absolute Gasteiger partial charge is 0.124 e. The van der Waals surface area contributed by atoms with Crippen molar-refractivity contribution in [3.8, 4) is 5.75 Å². The predicted octanol–water partition coefficient (Wildman–Crippen LogP) is 5.67. The van der Waals surface area contributed by atoms with Crippen LogP contribution in [0.5, 0.6) is 5.75 Å². The third-order valence-electron chi connectivity index (χ3n) is 4.25. The van der Waals surface area contributed by atoms with Crippen LogP contribution in [0.1, 0.15) is 22.3 Å². The summed E-state index contributed by atoms with van der Waals surface area (Å²) in [6.07, 6.45) is 1.02. The number of aryl methyl sites for hydroxylation is 1. The lowest BCUT2D eigenvalue weighted by Crippen LogP contribution is -2.17. The van der Waals surface area contributed by atoms with Gasteiger partial charge in [-0.2, -0.15) is 0 Å². The largest absolute Gasteiger partial charge is 0.489 e. The first-order chi connectivity index (χ1) is 12.7. The number of hydrogen-bond donors (Lipinski definition) is 1. The van der Waals surface area contributed by atoms with Gasteiger partial charge in [-0.15, -0.1) is 0 Å². The van der Waals surface area contributed by atoms with Crippen molar-refractivity contribution in [3.05, 3.63) is 99.5 Å². The molecule has 1 N–H and O–H groups in total. The van der Waals surface area contributed by atoms with Crippen LogP contribution in [-0.4, -0.2) is 6.54 Å². The molecule has 134 valence electrons. The van der Waals surface area contributed by atoms with Crippen LogP contribution in [0, 0.1) is 6.92 Å². The van der Waals surface area contributed by atoms with E-state index in [1.165, 1.54) is 22.3 Å². The van der Waals surface area contributed by atoms with E-state index < -0.39 is 0 Å². The lowest BCUT2D eigenvalue weighted by molar-refractivity contribution is 0.302. The van der Waals surface area contributed by atoms with Gasteiger partial charge in [-0.25, -0.2) is 0 Å². The number of halogens is 1. The molecule has 0 saturated heterocycles. The van der Waals surface area contributed by atoms with Crippen LogP contribution < -0.4 is 10.1 Å². The first kappa shape index (κ1) is 18.7. The number of rotatable bonds is 8. The molecule has 0 spiro atoms. The van der Waals surface area contributed by atoms with Crippen molar-refractivity contribution in [2.24, 2.45) is 0 Å². The van der Waals surface area contributed by atoms with Crippen LogP contribution in [0.2, 0.25) is 0 Å². The molecule has 0 aliphatic rings. The zero-order valence-corrected chi connectivity index (χ0v) is 16.6. The zero-order chi connectivity index (χ0) is 18.2. The summed E-state index contributed by atoms with van der Waals surface area (Å²) in [5.41, 5.74) is 4.96. The minimum atomic E-state index is 0.584. The monoisotopic (exact) mass is 409 g/mol. The Morgan fingerprint density at radius 1 is 0.885 bits per heavy atom. The van der Waals surface area contributed by atoms with Gasteiger partial charge in [-0.3, -0.25) is 0 Å². The van der Waals surface area contributed by atoms with E-state index in [1.54, 1.807) is 0 Å². The number of nitrogens with one attached hydrogen (secondary N) is 1. The van der Waals surface area contributed by atoms with Gasteiger partial charge in [0, 0.05) is 16.6 Å². The van der Waals surface area contributed by atoms with E-state index in [0.29, 0.717) is 6.61 Å². The van der Waals surface area contributed by atoms with Crippen molar-refractivity contribution in [1.29, 1.82) is 0 Å². The van der Waals surface area contributed by atoms with Crippen LogP contribution in [0.25, 0.3) is 0 Å². The normalized spacial score (nSPS) is 10.7. The maximum Gasteiger partial charge on any atom is 0.124 e. The van der Waals surface area contributed by atoms with E-state index >= 15 is 0 Å². The molecule has 3 aromatic rings. The van der Waals surface area contributed by atoms with E-state index in [-0.39, 0.29) is 0 Å². The van der Waals surface area contributed by atoms with Crippen LogP contribution >= 0.6 is 15.9 Å². The molecule has 0 amide bonds. The summed E-state index contributed by atoms with van der Waals surface area (Å²) >= 11 is 3.56. The molecule has 0 atom stereocenters. The molecule has 0 bridgehead atoms. The molecule has 0 unspecified atom stereocenters. The third kappa shape index (κ3) is 5.72. The van der Waals surface area contributed by atoms with Crippen molar-refractivity contribution in [3.63, 3.8) is 0 Å². The Bertz CT molecular complexity index is 833. The maximum atomic E-state index is 6.09. The predicted molar refractivity (Wildman–Crippen MR) is 112 cm³/mol. The zero-order valence-electron chi connectivity index (χ0n) is 15.0. The number of hydrogen-bond acceptors (Lipinski definition) is 2. The second-order valence-corrected chi connectivity index (χ2v) is 7.36. The summed E-state index contributed by atoms with van der Waals surface area (Å²) in [5.74, 6) is 0.932. The molecule has 3 heteroatoms. The molecule has 2 nitrogen and oxygen atoms in total. The molecule has 0 radical (unpaired) electrons. The fraction of sp³-hybridized carbons (Fsp3) is 0.217. The van der Waals surface area contributed by atoms with E-state index in [4.69, 9.17) is 4.74 Å². The quantitative estimate of drug-likeness (QED) is 0.483. The Hall–Kier alpha value is -2.10. The minimum Gasteiger partial charge on any atom is -0.489 e. The third-order valence-corrected chi connectivity index (χ3v) is 4.74. The van der Waals surface area contributed by atoms with Crippen LogP contribution in [-0.2, 0) is 19.6 Å². The minimum absolute atomic E-state index is 0.584. The second kappa shape index (κ2) is 9.56. The van der Waals surface area contributed by atoms with Crippen LogP contribution in [0.3, 0.4) is 0 Å². The summed E-state index contributed by atoms with van der Waals surface area (Å²) < 4.78 is 7.16. The van der Waals surface area contributed by atoms with Gasteiger partial charge in [0.25, 0.3) is 0 Å². The average molecular weight is 410 g/mol. The Balaban J connectivity index is 1.57. The Labute approximate surface area is 164 Å². The molecule has 0 aromatic heterocycles. The van der Waals surface area contributed by atoms with Crippen LogP contribution in [0.4, 0.5) is 0 Å². The highest BCUT2D eigenvalue weighted by molar-refractivity contribution is 9.10. The van der Waals surface area contributed by atoms with Crippen molar-refractivity contribution in [2.75, 3.05) is 6.54 Å². The highest BCUT2D eigenvalue weighted by atomic mass is 79.9. The first-order valence-electron chi connectivity index (χ1n) is 8.92. The standard InChI is InChI=1S/C23H24BrNO/c1-18-6-5-9-20(14-18)17-26-23-11-10-22(24)15-21(23)16-25-13-12-19-7-3-2-4-8-19/h2-11,14-15,25H,12-13,16-17H2,1H3. The Morgan fingerprint density at radius 3 is 2.50 bits per heavy atom. The van der Waals surface area contributed by atoms with Gasteiger partial charge in [0.05, 0.1) is 0 Å². The van der Waals surface area contributed by atoms with Gasteiger partial charge in [-0.05, 0) is 49.2 Å². The molecule has 0 saturated carbocycles. The molecule has 3 aromatic carbocycles. The highest BCUT2D eigenvalue weighted by Crippen LogP contribution is 2.24. The Morgan fingerprint density at radius 2 is 1.69 bits per heavy atom. The fourth-order valence-corrected chi connectivity index (χ4v) is 3.30. The molecule has 0 heterocycles. The molecule has 0 aliphatic heterocycles. The van der Waals surface area contributed by atoms with Gasteiger partial charge in [0.2, 0.25) is 0 Å². The maximum absolute atomic E-state index is 6.09. The van der Waals surface area contributed by atoms with E-state index in [1.807, 2.05) is 12.1 Å². The number of ether oxygens (including phenoxy) is 1. The summed E-state index contributed by atoms with van der Waals surface area (Å²) in [6, 6.07) is 25.2. The average Bonchev–Trinajstić information content (AvgIpc) is 2.65. The van der Waals surface area contributed by atoms with Gasteiger partial charge < -0.3 is 10.1 Å². The molecule has 0 fully saturated rings. The summed E-state index contributed by atoms with van der Waals surface area (Å²) in [6.45, 7) is 4.41. The highest BCUT2D eigenvalue weighted by Gasteiger charge is 2.06. The van der Waals surface area contributed by atoms with E-state index in [0.717, 1.165) is 29.7 Å². The van der Waals surface area contributed by atoms with Gasteiger partial charge in [-0.1, -0.05) is 76.1 Å². The summed E-state index contributed by atoms with van der Waals surface area (Å²) in [7, 11) is 0. The molecular formula is C23H24BrNO. The molecule has 26 heavy (non-hydrogen) atoms. The van der Waals surface area contributed by atoms with E-state index in [9.17, 15) is 0 Å². The van der Waals surface area contributed by atoms with Gasteiger partial charge in [0.15, 0.2) is 0 Å². The van der Waals surface area contributed by atoms with Gasteiger partial charge >= 0.3 is 0 Å². The van der Waals surface area contributed by atoms with Crippen molar-refractivity contribution in [1.82, 2.24) is 5.32 Å². The van der Waals surface area contributed by atoms with Crippen molar-refractivity contribution < 1.29 is 4.74 Å². The summed E-state index contributed by atoms with van der Waals surface area (Å²) in [5, 5.41) is 3.52. The lowest BCUT2D eigenvalue weighted by Gasteiger charge is -2.13. The van der Waals surface area contributed by atoms with Crippen molar-refractivity contribution in [2.45, 2.75) is 26.5 Å². The van der Waals surface area contributed by atoms with E-state index in [2.05, 4.69) is 88.8 Å². The molecular weight excluding hydrogens is 386 g/mol. The lowest BCUT2D eigenvalue weighted by atomic mass is 10.1. The Kier molecular flexibility index (Phi) is 6.87. The summed E-state index contributed by atoms with van der Waals surface area (Å²) in [4.78, 5) is 0. The van der Waals surface area contributed by atoms with Gasteiger partial charge in [0.1, 0.15) is 12.4 Å². The fourth-order valence-electron chi connectivity index (χ4n) is 2.89. The topological polar surface area (TPSA) is 21.3 Å². The van der Waals surface area contributed by atoms with Crippen molar-refractivity contribution >= 4 is 15.9 Å². The molecule has 0 aliphatic carbocycles. The van der Waals surface area contributed by atoms with Crippen LogP contribution in [0.15, 0.2) is 77.3 Å². The SMILES string of the molecule is Cc1cccc(COc2ccc(Br)cc2CNCCc2ccccc2)c1. The second-order valence-electron chi connectivity index (χ2n) is 6.44. The first-order valence-corrected chi connectivity index (χ1v) is 9.71.